The molecule has 2 aromatic heterocycles. The number of carbonyl (C=O) groups is 1. The van der Waals surface area contributed by atoms with E-state index in [1.165, 1.54) is 0 Å². The molecule has 0 fully saturated rings. The number of pyridine rings is 1. The quantitative estimate of drug-likeness (QED) is 0.500. The van der Waals surface area contributed by atoms with Crippen LogP contribution >= 0.6 is 0 Å². The predicted molar refractivity (Wildman–Crippen MR) is 106 cm³/mol. The van der Waals surface area contributed by atoms with Crippen molar-refractivity contribution in [2.24, 2.45) is 0 Å². The van der Waals surface area contributed by atoms with Crippen LogP contribution in [0.4, 0.5) is 14.5 Å². The molecule has 5 rings (SSSR count). The Kier molecular flexibility index (Phi) is 4.12. The highest BCUT2D eigenvalue weighted by Crippen LogP contribution is 2.36. The van der Waals surface area contributed by atoms with Gasteiger partial charge in [-0.25, -0.2) is 8.78 Å². The number of furan rings is 1. The zero-order chi connectivity index (χ0) is 20.0. The fraction of sp³-hybridized carbons (Fsp3) is 0.130. The fourth-order valence-corrected chi connectivity index (χ4v) is 3.86. The van der Waals surface area contributed by atoms with Crippen molar-refractivity contribution in [2.75, 3.05) is 11.4 Å². The molecule has 29 heavy (non-hydrogen) atoms. The lowest BCUT2D eigenvalue weighted by molar-refractivity contribution is -0.117. The minimum atomic E-state index is -0.574. The molecule has 0 N–H and O–H groups in total. The molecule has 1 aliphatic rings. The van der Waals surface area contributed by atoms with Crippen molar-refractivity contribution in [2.45, 2.75) is 12.8 Å². The van der Waals surface area contributed by atoms with Crippen LogP contribution in [-0.2, 0) is 17.6 Å². The first-order valence-electron chi connectivity index (χ1n) is 9.29. The number of nitrogens with zero attached hydrogens (tertiary/aromatic N) is 2. The molecule has 3 heterocycles. The molecule has 4 nitrogen and oxygen atoms in total. The topological polar surface area (TPSA) is 46.3 Å². The van der Waals surface area contributed by atoms with Crippen LogP contribution in [0, 0.1) is 11.6 Å². The number of benzene rings is 2. The van der Waals surface area contributed by atoms with E-state index in [0.717, 1.165) is 51.5 Å². The Balaban J connectivity index is 1.43. The van der Waals surface area contributed by atoms with Crippen LogP contribution in [0.5, 0.6) is 0 Å². The number of fused-ring (bicyclic) bond motifs is 2. The number of rotatable bonds is 3. The lowest BCUT2D eigenvalue weighted by Crippen LogP contribution is -2.30. The minimum absolute atomic E-state index is 0.0671. The summed E-state index contributed by atoms with van der Waals surface area (Å²) >= 11 is 0. The summed E-state index contributed by atoms with van der Waals surface area (Å²) in [6.45, 7) is 0.516. The summed E-state index contributed by atoms with van der Waals surface area (Å²) in [7, 11) is 0. The third-order valence-electron chi connectivity index (χ3n) is 5.31. The first kappa shape index (κ1) is 17.6. The van der Waals surface area contributed by atoms with Gasteiger partial charge in [0.1, 0.15) is 17.2 Å². The summed E-state index contributed by atoms with van der Waals surface area (Å²) in [6, 6.07) is 10.9. The number of amides is 1. The van der Waals surface area contributed by atoms with Crippen molar-refractivity contribution in [3.63, 3.8) is 0 Å². The van der Waals surface area contributed by atoms with Crippen molar-refractivity contribution in [3.8, 4) is 11.1 Å². The van der Waals surface area contributed by atoms with Crippen molar-refractivity contribution >= 4 is 22.6 Å². The monoisotopic (exact) mass is 390 g/mol. The number of halogens is 2. The maximum atomic E-state index is 13.9. The van der Waals surface area contributed by atoms with E-state index in [4.69, 9.17) is 4.42 Å². The van der Waals surface area contributed by atoms with Gasteiger partial charge >= 0.3 is 0 Å². The smallest absolute Gasteiger partial charge is 0.231 e. The summed E-state index contributed by atoms with van der Waals surface area (Å²) in [4.78, 5) is 18.5. The molecule has 0 bridgehead atoms. The van der Waals surface area contributed by atoms with Gasteiger partial charge in [-0.1, -0.05) is 6.07 Å². The van der Waals surface area contributed by atoms with E-state index < -0.39 is 11.6 Å². The largest absolute Gasteiger partial charge is 0.464 e. The van der Waals surface area contributed by atoms with Gasteiger partial charge < -0.3 is 9.32 Å². The average molecular weight is 390 g/mol. The molecule has 0 spiro atoms. The highest BCUT2D eigenvalue weighted by molar-refractivity contribution is 5.98. The molecule has 0 saturated carbocycles. The van der Waals surface area contributed by atoms with Crippen LogP contribution in [0.1, 0.15) is 11.1 Å². The van der Waals surface area contributed by atoms with Crippen molar-refractivity contribution < 1.29 is 18.0 Å². The minimum Gasteiger partial charge on any atom is -0.464 e. The Morgan fingerprint density at radius 3 is 2.93 bits per heavy atom. The third-order valence-corrected chi connectivity index (χ3v) is 5.31. The molecule has 0 aliphatic carbocycles. The molecule has 4 aromatic rings. The highest BCUT2D eigenvalue weighted by Gasteiger charge is 2.26. The van der Waals surface area contributed by atoms with Crippen LogP contribution in [0.25, 0.3) is 22.1 Å². The fourth-order valence-electron chi connectivity index (χ4n) is 3.86. The van der Waals surface area contributed by atoms with E-state index in [-0.39, 0.29) is 17.9 Å². The van der Waals surface area contributed by atoms with E-state index in [9.17, 15) is 13.6 Å². The van der Waals surface area contributed by atoms with Gasteiger partial charge in [-0.3, -0.25) is 9.78 Å². The highest BCUT2D eigenvalue weighted by atomic mass is 19.1. The maximum Gasteiger partial charge on any atom is 0.231 e. The van der Waals surface area contributed by atoms with E-state index in [1.807, 2.05) is 24.3 Å². The van der Waals surface area contributed by atoms with Gasteiger partial charge in [-0.2, -0.15) is 0 Å². The van der Waals surface area contributed by atoms with Crippen molar-refractivity contribution in [1.29, 1.82) is 0 Å². The summed E-state index contributed by atoms with van der Waals surface area (Å²) < 4.78 is 32.9. The second-order valence-electron chi connectivity index (χ2n) is 7.07. The summed E-state index contributed by atoms with van der Waals surface area (Å²) in [5.74, 6) is -1.38. The molecule has 1 amide bonds. The summed E-state index contributed by atoms with van der Waals surface area (Å²) in [5, 5.41) is 0.931. The lowest BCUT2D eigenvalue weighted by atomic mass is 10.0. The Hall–Kier alpha value is -3.54. The van der Waals surface area contributed by atoms with Crippen LogP contribution in [0.3, 0.4) is 0 Å². The van der Waals surface area contributed by atoms with Gasteiger partial charge in [0.15, 0.2) is 0 Å². The van der Waals surface area contributed by atoms with Gasteiger partial charge in [0.05, 0.1) is 12.7 Å². The van der Waals surface area contributed by atoms with Crippen LogP contribution in [0.15, 0.2) is 65.5 Å². The van der Waals surface area contributed by atoms with Gasteiger partial charge in [-0.15, -0.1) is 0 Å². The molecule has 2 aromatic carbocycles. The molecule has 1 aliphatic heterocycles. The van der Waals surface area contributed by atoms with Crippen LogP contribution < -0.4 is 4.90 Å². The molecule has 0 atom stereocenters. The molecular formula is C23H16F2N2O2. The Labute approximate surface area is 165 Å². The Morgan fingerprint density at radius 2 is 2.03 bits per heavy atom. The van der Waals surface area contributed by atoms with E-state index >= 15 is 0 Å². The normalized spacial score (nSPS) is 13.1. The Bertz CT molecular complexity index is 1250. The molecule has 144 valence electrons. The predicted octanol–water partition coefficient (Wildman–Crippen LogP) is 4.90. The van der Waals surface area contributed by atoms with E-state index in [0.29, 0.717) is 13.0 Å². The van der Waals surface area contributed by atoms with Crippen LogP contribution in [-0.4, -0.2) is 17.4 Å². The zero-order valence-corrected chi connectivity index (χ0v) is 15.4. The Morgan fingerprint density at radius 1 is 1.14 bits per heavy atom. The SMILES string of the molecule is O=C(Cc1cc(F)ccc1F)N1CCc2cc(-c3coc4ccncc34)ccc21. The van der Waals surface area contributed by atoms with Gasteiger partial charge in [-0.05, 0) is 53.9 Å². The van der Waals surface area contributed by atoms with E-state index in [1.54, 1.807) is 23.6 Å². The number of anilines is 1. The first-order chi connectivity index (χ1) is 14.1. The number of hydrogen-bond acceptors (Lipinski definition) is 3. The second-order valence-corrected chi connectivity index (χ2v) is 7.07. The number of carbonyl (C=O) groups excluding carboxylic acids is 1. The van der Waals surface area contributed by atoms with E-state index in [2.05, 4.69) is 4.98 Å². The number of hydrogen-bond donors (Lipinski definition) is 0. The van der Waals surface area contributed by atoms with Crippen LogP contribution in [0.2, 0.25) is 0 Å². The standard InChI is InChI=1S/C23H16F2N2O2/c24-17-2-3-20(25)16(10-17)11-23(28)27-8-6-15-9-14(1-4-21(15)27)19-13-29-22-5-7-26-12-18(19)22/h1-5,7,9-10,12-13H,6,8,11H2. The zero-order valence-electron chi connectivity index (χ0n) is 15.4. The number of aromatic nitrogens is 1. The first-order valence-corrected chi connectivity index (χ1v) is 9.29. The third kappa shape index (κ3) is 3.06. The van der Waals surface area contributed by atoms with Gasteiger partial charge in [0, 0.05) is 41.1 Å². The maximum absolute atomic E-state index is 13.9. The average Bonchev–Trinajstić information content (AvgIpc) is 3.34. The van der Waals surface area contributed by atoms with Crippen molar-refractivity contribution in [3.05, 3.63) is 83.9 Å². The molecule has 6 heteroatoms. The second kappa shape index (κ2) is 6.81. The summed E-state index contributed by atoms with van der Waals surface area (Å²) in [6.07, 6.45) is 5.68. The van der Waals surface area contributed by atoms with Gasteiger partial charge in [0.25, 0.3) is 0 Å². The summed E-state index contributed by atoms with van der Waals surface area (Å²) in [5.41, 5.74) is 4.61. The molecule has 0 unspecified atom stereocenters. The van der Waals surface area contributed by atoms with Crippen molar-refractivity contribution in [1.82, 2.24) is 4.98 Å². The van der Waals surface area contributed by atoms with Gasteiger partial charge in [0.2, 0.25) is 5.91 Å². The lowest BCUT2D eigenvalue weighted by Gasteiger charge is -2.18. The molecule has 0 radical (unpaired) electrons. The molecule has 0 saturated heterocycles. The molecular weight excluding hydrogens is 374 g/mol.